The Labute approximate surface area is 111 Å². The van der Waals surface area contributed by atoms with Gasteiger partial charge in [-0.3, -0.25) is 4.79 Å². The largest absolute Gasteiger partial charge is 0.398 e. The average molecular weight is 269 g/mol. The van der Waals surface area contributed by atoms with Crippen LogP contribution in [0.5, 0.6) is 0 Å². The summed E-state index contributed by atoms with van der Waals surface area (Å²) in [6, 6.07) is 4.98. The number of nitrogens with one attached hydrogen (secondary N) is 1. The van der Waals surface area contributed by atoms with Crippen LogP contribution < -0.4 is 11.1 Å². The standard InChI is InChI=1S/C13H17ClN2O2/c1-18-12-4-2-3-11(12)16-13(17)8-5-6-9(14)10(15)7-8/h5-7,11-12H,2-4,15H2,1H3,(H,16,17). The first kappa shape index (κ1) is 13.2. The highest BCUT2D eigenvalue weighted by Gasteiger charge is 2.28. The molecule has 0 heterocycles. The molecule has 1 amide bonds. The molecule has 0 radical (unpaired) electrons. The first-order chi connectivity index (χ1) is 8.61. The highest BCUT2D eigenvalue weighted by Crippen LogP contribution is 2.23. The van der Waals surface area contributed by atoms with E-state index in [1.165, 1.54) is 0 Å². The van der Waals surface area contributed by atoms with Crippen LogP contribution in [0.4, 0.5) is 5.69 Å². The van der Waals surface area contributed by atoms with Crippen LogP contribution in [0, 0.1) is 0 Å². The van der Waals surface area contributed by atoms with E-state index in [2.05, 4.69) is 5.32 Å². The maximum absolute atomic E-state index is 12.1. The van der Waals surface area contributed by atoms with Crippen LogP contribution in [0.25, 0.3) is 0 Å². The number of carbonyl (C=O) groups excluding carboxylic acids is 1. The molecule has 1 fully saturated rings. The van der Waals surface area contributed by atoms with Gasteiger partial charge in [0, 0.05) is 12.7 Å². The van der Waals surface area contributed by atoms with E-state index >= 15 is 0 Å². The van der Waals surface area contributed by atoms with E-state index in [9.17, 15) is 4.79 Å². The number of anilines is 1. The molecule has 2 unspecified atom stereocenters. The van der Waals surface area contributed by atoms with Gasteiger partial charge in [0.25, 0.3) is 5.91 Å². The normalized spacial score (nSPS) is 23.0. The Hall–Kier alpha value is -1.26. The zero-order valence-corrected chi connectivity index (χ0v) is 11.0. The highest BCUT2D eigenvalue weighted by atomic mass is 35.5. The SMILES string of the molecule is COC1CCCC1NC(=O)c1ccc(Cl)c(N)c1. The maximum Gasteiger partial charge on any atom is 0.251 e. The van der Waals surface area contributed by atoms with Crippen molar-refractivity contribution in [3.8, 4) is 0 Å². The van der Waals surface area contributed by atoms with Gasteiger partial charge in [-0.1, -0.05) is 11.6 Å². The summed E-state index contributed by atoms with van der Waals surface area (Å²) in [5, 5.41) is 3.44. The first-order valence-electron chi connectivity index (χ1n) is 6.00. The van der Waals surface area contributed by atoms with Gasteiger partial charge >= 0.3 is 0 Å². The van der Waals surface area contributed by atoms with E-state index in [1.54, 1.807) is 25.3 Å². The van der Waals surface area contributed by atoms with Gasteiger partial charge in [-0.05, 0) is 37.5 Å². The summed E-state index contributed by atoms with van der Waals surface area (Å²) in [6.45, 7) is 0. The molecule has 0 bridgehead atoms. The molecule has 3 N–H and O–H groups in total. The molecular formula is C13H17ClN2O2. The highest BCUT2D eigenvalue weighted by molar-refractivity contribution is 6.33. The van der Waals surface area contributed by atoms with Crippen LogP contribution in [0.2, 0.25) is 5.02 Å². The van der Waals surface area contributed by atoms with Crippen molar-refractivity contribution in [1.82, 2.24) is 5.32 Å². The predicted molar refractivity (Wildman–Crippen MR) is 71.8 cm³/mol. The minimum Gasteiger partial charge on any atom is -0.398 e. The lowest BCUT2D eigenvalue weighted by atomic mass is 10.1. The lowest BCUT2D eigenvalue weighted by Gasteiger charge is -2.19. The number of carbonyl (C=O) groups is 1. The number of nitrogens with two attached hydrogens (primary N) is 1. The molecule has 2 rings (SSSR count). The Balaban J connectivity index is 2.05. The van der Waals surface area contributed by atoms with Gasteiger partial charge in [0.2, 0.25) is 0 Å². The number of hydrogen-bond donors (Lipinski definition) is 2. The van der Waals surface area contributed by atoms with Crippen molar-refractivity contribution in [3.63, 3.8) is 0 Å². The number of methoxy groups -OCH3 is 1. The third-order valence-electron chi connectivity index (χ3n) is 3.33. The second kappa shape index (κ2) is 5.59. The summed E-state index contributed by atoms with van der Waals surface area (Å²) >= 11 is 5.82. The summed E-state index contributed by atoms with van der Waals surface area (Å²) in [4.78, 5) is 12.1. The van der Waals surface area contributed by atoms with Crippen LogP contribution in [0.15, 0.2) is 18.2 Å². The van der Waals surface area contributed by atoms with Crippen molar-refractivity contribution in [3.05, 3.63) is 28.8 Å². The predicted octanol–water partition coefficient (Wildman–Crippen LogP) is 2.22. The minimum absolute atomic E-state index is 0.0828. The van der Waals surface area contributed by atoms with Crippen LogP contribution >= 0.6 is 11.6 Å². The van der Waals surface area contributed by atoms with Crippen LogP contribution in [0.3, 0.4) is 0 Å². The van der Waals surface area contributed by atoms with Crippen LogP contribution in [0.1, 0.15) is 29.6 Å². The first-order valence-corrected chi connectivity index (χ1v) is 6.38. The molecule has 98 valence electrons. The molecular weight excluding hydrogens is 252 g/mol. The van der Waals surface area contributed by atoms with Crippen LogP contribution in [-0.4, -0.2) is 25.2 Å². The van der Waals surface area contributed by atoms with Crippen molar-refractivity contribution in [1.29, 1.82) is 0 Å². The molecule has 2 atom stereocenters. The van der Waals surface area contributed by atoms with Crippen molar-refractivity contribution in [2.45, 2.75) is 31.4 Å². The van der Waals surface area contributed by atoms with Gasteiger partial charge in [-0.15, -0.1) is 0 Å². The topological polar surface area (TPSA) is 64.3 Å². The molecule has 0 spiro atoms. The Bertz CT molecular complexity index is 451. The van der Waals surface area contributed by atoms with E-state index in [1.807, 2.05) is 0 Å². The molecule has 0 saturated heterocycles. The molecule has 0 aliphatic heterocycles. The number of halogens is 1. The molecule has 1 aliphatic rings. The molecule has 1 saturated carbocycles. The summed E-state index contributed by atoms with van der Waals surface area (Å²) in [6.07, 6.45) is 3.13. The number of nitrogen functional groups attached to an aromatic ring is 1. The Kier molecular flexibility index (Phi) is 4.09. The molecule has 1 aromatic rings. The molecule has 1 aliphatic carbocycles. The quantitative estimate of drug-likeness (QED) is 0.826. The van der Waals surface area contributed by atoms with Gasteiger partial charge in [-0.25, -0.2) is 0 Å². The molecule has 1 aromatic carbocycles. The fraction of sp³-hybridized carbons (Fsp3) is 0.462. The van der Waals surface area contributed by atoms with E-state index in [-0.39, 0.29) is 18.1 Å². The lowest BCUT2D eigenvalue weighted by molar-refractivity contribution is 0.0722. The van der Waals surface area contributed by atoms with E-state index in [4.69, 9.17) is 22.1 Å². The molecule has 5 heteroatoms. The smallest absolute Gasteiger partial charge is 0.251 e. The van der Waals surface area contributed by atoms with Gasteiger partial charge in [0.1, 0.15) is 0 Å². The third-order valence-corrected chi connectivity index (χ3v) is 3.67. The molecule has 18 heavy (non-hydrogen) atoms. The van der Waals surface area contributed by atoms with E-state index in [0.717, 1.165) is 19.3 Å². The Morgan fingerprint density at radius 2 is 2.28 bits per heavy atom. The van der Waals surface area contributed by atoms with Crippen molar-refractivity contribution in [2.75, 3.05) is 12.8 Å². The number of hydrogen-bond acceptors (Lipinski definition) is 3. The Morgan fingerprint density at radius 3 is 2.94 bits per heavy atom. The molecule has 0 aromatic heterocycles. The average Bonchev–Trinajstić information content (AvgIpc) is 2.79. The number of rotatable bonds is 3. The third kappa shape index (κ3) is 2.76. The van der Waals surface area contributed by atoms with Crippen molar-refractivity contribution < 1.29 is 9.53 Å². The van der Waals surface area contributed by atoms with E-state index in [0.29, 0.717) is 16.3 Å². The summed E-state index contributed by atoms with van der Waals surface area (Å²) in [5.41, 5.74) is 6.63. The summed E-state index contributed by atoms with van der Waals surface area (Å²) < 4.78 is 5.34. The van der Waals surface area contributed by atoms with Gasteiger partial charge in [0.05, 0.1) is 22.9 Å². The monoisotopic (exact) mass is 268 g/mol. The zero-order valence-electron chi connectivity index (χ0n) is 10.3. The number of amides is 1. The zero-order chi connectivity index (χ0) is 13.1. The van der Waals surface area contributed by atoms with E-state index < -0.39 is 0 Å². The second-order valence-corrected chi connectivity index (χ2v) is 4.93. The number of ether oxygens (including phenoxy) is 1. The fourth-order valence-electron chi connectivity index (χ4n) is 2.31. The molecule has 4 nitrogen and oxygen atoms in total. The fourth-order valence-corrected chi connectivity index (χ4v) is 2.43. The summed E-state index contributed by atoms with van der Waals surface area (Å²) in [5.74, 6) is -0.132. The van der Waals surface area contributed by atoms with Gasteiger partial charge < -0.3 is 15.8 Å². The second-order valence-electron chi connectivity index (χ2n) is 4.52. The van der Waals surface area contributed by atoms with Gasteiger partial charge in [-0.2, -0.15) is 0 Å². The minimum atomic E-state index is -0.132. The van der Waals surface area contributed by atoms with Crippen molar-refractivity contribution >= 4 is 23.2 Å². The van der Waals surface area contributed by atoms with Gasteiger partial charge in [0.15, 0.2) is 0 Å². The maximum atomic E-state index is 12.1. The Morgan fingerprint density at radius 1 is 1.50 bits per heavy atom. The number of benzene rings is 1. The lowest BCUT2D eigenvalue weighted by Crippen LogP contribution is -2.40. The summed E-state index contributed by atoms with van der Waals surface area (Å²) in [7, 11) is 1.68. The van der Waals surface area contributed by atoms with Crippen LogP contribution in [-0.2, 0) is 4.74 Å². The van der Waals surface area contributed by atoms with Crippen molar-refractivity contribution in [2.24, 2.45) is 0 Å².